The highest BCUT2D eigenvalue weighted by Crippen LogP contribution is 2.41. The standard InChI is InChI=1S/C25H19BrO2S/c26-22-16-17-29-23(22)18-24(27)28-25(19-10-4-1-5-11-19,20-12-6-2-7-13-20)21-14-8-3-9-15-21/h1-17H,18H2. The molecule has 4 rings (SSSR count). The predicted octanol–water partition coefficient (Wildman–Crippen LogP) is 6.59. The molecule has 0 unspecified atom stereocenters. The molecular formula is C25H19BrO2S. The summed E-state index contributed by atoms with van der Waals surface area (Å²) in [6, 6.07) is 31.7. The first-order chi connectivity index (χ1) is 14.2. The second kappa shape index (κ2) is 8.76. The third kappa shape index (κ3) is 4.04. The summed E-state index contributed by atoms with van der Waals surface area (Å²) in [6.45, 7) is 0. The molecule has 0 aliphatic rings. The van der Waals surface area contributed by atoms with Crippen LogP contribution in [0.3, 0.4) is 0 Å². The molecule has 0 amide bonds. The van der Waals surface area contributed by atoms with Crippen molar-refractivity contribution < 1.29 is 9.53 Å². The van der Waals surface area contributed by atoms with Crippen molar-refractivity contribution >= 4 is 33.2 Å². The molecule has 0 spiro atoms. The molecule has 0 aliphatic carbocycles. The van der Waals surface area contributed by atoms with Gasteiger partial charge in [0.05, 0.1) is 6.42 Å². The molecule has 2 nitrogen and oxygen atoms in total. The highest BCUT2D eigenvalue weighted by molar-refractivity contribution is 9.10. The Kier molecular flexibility index (Phi) is 5.93. The Labute approximate surface area is 182 Å². The van der Waals surface area contributed by atoms with Crippen LogP contribution in [0.15, 0.2) is 107 Å². The molecule has 1 heterocycles. The summed E-state index contributed by atoms with van der Waals surface area (Å²) < 4.78 is 7.31. The molecule has 0 atom stereocenters. The lowest BCUT2D eigenvalue weighted by atomic mass is 9.80. The molecule has 4 heteroatoms. The molecule has 0 saturated heterocycles. The first-order valence-corrected chi connectivity index (χ1v) is 11.0. The molecular weight excluding hydrogens is 444 g/mol. The largest absolute Gasteiger partial charge is 0.444 e. The summed E-state index contributed by atoms with van der Waals surface area (Å²) >= 11 is 5.06. The van der Waals surface area contributed by atoms with Crippen molar-refractivity contribution in [1.82, 2.24) is 0 Å². The number of benzene rings is 3. The van der Waals surface area contributed by atoms with Gasteiger partial charge in [0.15, 0.2) is 5.60 Å². The van der Waals surface area contributed by atoms with Gasteiger partial charge in [-0.3, -0.25) is 4.79 Å². The number of rotatable bonds is 6. The average molecular weight is 463 g/mol. The van der Waals surface area contributed by atoms with Crippen LogP contribution in [0.1, 0.15) is 21.6 Å². The third-order valence-electron chi connectivity index (χ3n) is 4.80. The fourth-order valence-electron chi connectivity index (χ4n) is 3.48. The molecule has 144 valence electrons. The smallest absolute Gasteiger partial charge is 0.312 e. The van der Waals surface area contributed by atoms with Gasteiger partial charge in [0.2, 0.25) is 0 Å². The van der Waals surface area contributed by atoms with E-state index >= 15 is 0 Å². The fourth-order valence-corrected chi connectivity index (χ4v) is 4.96. The minimum atomic E-state index is -1.02. The number of ether oxygens (including phenoxy) is 1. The van der Waals surface area contributed by atoms with Gasteiger partial charge in [-0.05, 0) is 27.4 Å². The maximum absolute atomic E-state index is 13.2. The predicted molar refractivity (Wildman–Crippen MR) is 121 cm³/mol. The van der Waals surface area contributed by atoms with E-state index in [2.05, 4.69) is 15.9 Å². The van der Waals surface area contributed by atoms with Crippen LogP contribution < -0.4 is 0 Å². The van der Waals surface area contributed by atoms with Gasteiger partial charge < -0.3 is 4.74 Å². The summed E-state index contributed by atoms with van der Waals surface area (Å²) in [6.07, 6.45) is 0.215. The Balaban J connectivity index is 1.86. The minimum Gasteiger partial charge on any atom is -0.444 e. The first-order valence-electron chi connectivity index (χ1n) is 9.30. The van der Waals surface area contributed by atoms with Gasteiger partial charge in [-0.1, -0.05) is 91.0 Å². The number of hydrogen-bond acceptors (Lipinski definition) is 3. The quantitative estimate of drug-likeness (QED) is 0.238. The molecule has 0 saturated carbocycles. The molecule has 4 aromatic rings. The van der Waals surface area contributed by atoms with E-state index in [0.29, 0.717) is 0 Å². The van der Waals surface area contributed by atoms with Crippen LogP contribution in [0, 0.1) is 0 Å². The van der Waals surface area contributed by atoms with Crippen LogP contribution >= 0.6 is 27.3 Å². The average Bonchev–Trinajstić information content (AvgIpc) is 3.18. The summed E-state index contributed by atoms with van der Waals surface area (Å²) in [7, 11) is 0. The van der Waals surface area contributed by atoms with E-state index < -0.39 is 5.60 Å². The third-order valence-corrected chi connectivity index (χ3v) is 6.73. The number of carbonyl (C=O) groups excluding carboxylic acids is 1. The van der Waals surface area contributed by atoms with E-state index in [1.165, 1.54) is 0 Å². The van der Waals surface area contributed by atoms with Crippen LogP contribution in [0.5, 0.6) is 0 Å². The van der Waals surface area contributed by atoms with Crippen LogP contribution in [0.4, 0.5) is 0 Å². The fraction of sp³-hybridized carbons (Fsp3) is 0.0800. The maximum Gasteiger partial charge on any atom is 0.312 e. The molecule has 3 aromatic carbocycles. The normalized spacial score (nSPS) is 11.2. The van der Waals surface area contributed by atoms with E-state index in [1.807, 2.05) is 102 Å². The molecule has 0 radical (unpaired) electrons. The highest BCUT2D eigenvalue weighted by atomic mass is 79.9. The van der Waals surface area contributed by atoms with Crippen LogP contribution in [-0.2, 0) is 21.6 Å². The lowest BCUT2D eigenvalue weighted by molar-refractivity contribution is -0.152. The van der Waals surface area contributed by atoms with Gasteiger partial charge >= 0.3 is 5.97 Å². The molecule has 0 fully saturated rings. The van der Waals surface area contributed by atoms with Crippen molar-refractivity contribution in [2.24, 2.45) is 0 Å². The zero-order valence-electron chi connectivity index (χ0n) is 15.6. The molecule has 29 heavy (non-hydrogen) atoms. The minimum absolute atomic E-state index is 0.215. The summed E-state index contributed by atoms with van der Waals surface area (Å²) in [5.41, 5.74) is 1.72. The Morgan fingerprint density at radius 1 is 0.759 bits per heavy atom. The number of carbonyl (C=O) groups is 1. The van der Waals surface area contributed by atoms with Gasteiger partial charge in [0.25, 0.3) is 0 Å². The summed E-state index contributed by atoms with van der Waals surface area (Å²) in [5, 5.41) is 1.96. The molecule has 0 aliphatic heterocycles. The van der Waals surface area contributed by atoms with Crippen molar-refractivity contribution in [3.63, 3.8) is 0 Å². The van der Waals surface area contributed by atoms with E-state index in [1.54, 1.807) is 11.3 Å². The van der Waals surface area contributed by atoms with Crippen molar-refractivity contribution in [3.05, 3.63) is 128 Å². The lowest BCUT2D eigenvalue weighted by Crippen LogP contribution is -2.35. The number of hydrogen-bond donors (Lipinski definition) is 0. The van der Waals surface area contributed by atoms with Gasteiger partial charge in [-0.15, -0.1) is 11.3 Å². The number of esters is 1. The van der Waals surface area contributed by atoms with Gasteiger partial charge in [0, 0.05) is 26.0 Å². The second-order valence-corrected chi connectivity index (χ2v) is 8.48. The van der Waals surface area contributed by atoms with Crippen LogP contribution in [-0.4, -0.2) is 5.97 Å². The van der Waals surface area contributed by atoms with Crippen molar-refractivity contribution in [1.29, 1.82) is 0 Å². The van der Waals surface area contributed by atoms with Gasteiger partial charge in [-0.25, -0.2) is 0 Å². The Morgan fingerprint density at radius 2 is 1.21 bits per heavy atom. The van der Waals surface area contributed by atoms with Crippen LogP contribution in [0.2, 0.25) is 0 Å². The van der Waals surface area contributed by atoms with Crippen molar-refractivity contribution in [2.75, 3.05) is 0 Å². The molecule has 1 aromatic heterocycles. The van der Waals surface area contributed by atoms with E-state index in [9.17, 15) is 4.79 Å². The lowest BCUT2D eigenvalue weighted by Gasteiger charge is -2.35. The topological polar surface area (TPSA) is 26.3 Å². The zero-order chi connectivity index (χ0) is 20.1. The molecule has 0 N–H and O–H groups in total. The number of thiophene rings is 1. The monoisotopic (exact) mass is 462 g/mol. The van der Waals surface area contributed by atoms with E-state index in [-0.39, 0.29) is 12.4 Å². The Bertz CT molecular complexity index is 979. The van der Waals surface area contributed by atoms with Crippen LogP contribution in [0.25, 0.3) is 0 Å². The van der Waals surface area contributed by atoms with Gasteiger partial charge in [0.1, 0.15) is 0 Å². The Hall–Kier alpha value is -2.69. The zero-order valence-corrected chi connectivity index (χ0v) is 18.0. The van der Waals surface area contributed by atoms with E-state index in [0.717, 1.165) is 26.0 Å². The number of halogens is 1. The SMILES string of the molecule is O=C(Cc1sccc1Br)OC(c1ccccc1)(c1ccccc1)c1ccccc1. The van der Waals surface area contributed by atoms with E-state index in [4.69, 9.17) is 4.74 Å². The Morgan fingerprint density at radius 3 is 1.59 bits per heavy atom. The molecule has 0 bridgehead atoms. The first kappa shape index (κ1) is 19.6. The summed E-state index contributed by atoms with van der Waals surface area (Å²) in [5.74, 6) is -0.273. The highest BCUT2D eigenvalue weighted by Gasteiger charge is 2.40. The van der Waals surface area contributed by atoms with Crippen molar-refractivity contribution in [2.45, 2.75) is 12.0 Å². The van der Waals surface area contributed by atoms with Gasteiger partial charge in [-0.2, -0.15) is 0 Å². The second-order valence-electron chi connectivity index (χ2n) is 6.62. The maximum atomic E-state index is 13.2. The van der Waals surface area contributed by atoms with Crippen molar-refractivity contribution in [3.8, 4) is 0 Å². The summed E-state index contributed by atoms with van der Waals surface area (Å²) in [4.78, 5) is 14.1.